The minimum Gasteiger partial charge on any atom is -0.379 e. The van der Waals surface area contributed by atoms with Crippen LogP contribution in [0.4, 0.5) is 0 Å². The molecule has 1 aliphatic carbocycles. The number of rotatable bonds is 5. The molecule has 2 heterocycles. The smallest absolute Gasteiger partial charge is 0.168 e. The third-order valence-electron chi connectivity index (χ3n) is 4.92. The molecule has 1 aliphatic heterocycles. The Hall–Kier alpha value is -1.01. The van der Waals surface area contributed by atoms with Crippen LogP contribution in [-0.4, -0.2) is 51.4 Å². The summed E-state index contributed by atoms with van der Waals surface area (Å²) in [6.45, 7) is 8.16. The van der Waals surface area contributed by atoms with Crippen molar-refractivity contribution in [2.24, 2.45) is 5.92 Å². The molecular weight excluding hydrogens is 278 g/mol. The van der Waals surface area contributed by atoms with E-state index in [1.807, 2.05) is 0 Å². The Labute approximate surface area is 133 Å². The van der Waals surface area contributed by atoms with Gasteiger partial charge in [-0.2, -0.15) is 0 Å². The minimum absolute atomic E-state index is 0.320. The predicted molar refractivity (Wildman–Crippen MR) is 84.5 cm³/mol. The summed E-state index contributed by atoms with van der Waals surface area (Å²) >= 11 is 0. The molecule has 1 saturated heterocycles. The fraction of sp³-hybridized carbons (Fsp3) is 0.938. The highest BCUT2D eigenvalue weighted by molar-refractivity contribution is 4.97. The van der Waals surface area contributed by atoms with Crippen molar-refractivity contribution < 1.29 is 4.74 Å². The Kier molecular flexibility index (Phi) is 5.41. The van der Waals surface area contributed by atoms with Crippen LogP contribution < -0.4 is 0 Å². The number of aromatic nitrogens is 4. The van der Waals surface area contributed by atoms with Gasteiger partial charge in [0.15, 0.2) is 5.82 Å². The average Bonchev–Trinajstić information content (AvgIpc) is 3.03. The van der Waals surface area contributed by atoms with E-state index in [1.165, 1.54) is 32.1 Å². The third-order valence-corrected chi connectivity index (χ3v) is 4.92. The maximum Gasteiger partial charge on any atom is 0.168 e. The Bertz CT molecular complexity index is 449. The zero-order valence-corrected chi connectivity index (χ0v) is 13.9. The van der Waals surface area contributed by atoms with E-state index in [-0.39, 0.29) is 0 Å². The van der Waals surface area contributed by atoms with E-state index in [2.05, 4.69) is 39.0 Å². The first-order valence-electron chi connectivity index (χ1n) is 8.85. The van der Waals surface area contributed by atoms with Gasteiger partial charge in [-0.25, -0.2) is 4.68 Å². The Morgan fingerprint density at radius 3 is 2.55 bits per heavy atom. The van der Waals surface area contributed by atoms with Crippen LogP contribution in [0.3, 0.4) is 0 Å². The van der Waals surface area contributed by atoms with E-state index < -0.39 is 0 Å². The molecule has 22 heavy (non-hydrogen) atoms. The Balaban J connectivity index is 1.82. The van der Waals surface area contributed by atoms with Crippen molar-refractivity contribution in [3.8, 4) is 0 Å². The molecule has 6 heteroatoms. The number of morpholine rings is 1. The summed E-state index contributed by atoms with van der Waals surface area (Å²) in [4.78, 5) is 2.51. The molecule has 124 valence electrons. The van der Waals surface area contributed by atoms with Crippen molar-refractivity contribution in [3.05, 3.63) is 5.82 Å². The number of hydrogen-bond donors (Lipinski definition) is 0. The first-order chi connectivity index (χ1) is 10.8. The minimum atomic E-state index is 0.320. The number of hydrogen-bond acceptors (Lipinski definition) is 5. The zero-order chi connectivity index (χ0) is 15.4. The Morgan fingerprint density at radius 2 is 1.86 bits per heavy atom. The lowest BCUT2D eigenvalue weighted by Crippen LogP contribution is -2.41. The van der Waals surface area contributed by atoms with Gasteiger partial charge in [0.2, 0.25) is 0 Å². The van der Waals surface area contributed by atoms with Crippen molar-refractivity contribution in [1.29, 1.82) is 0 Å². The summed E-state index contributed by atoms with van der Waals surface area (Å²) in [5, 5.41) is 12.8. The van der Waals surface area contributed by atoms with E-state index >= 15 is 0 Å². The van der Waals surface area contributed by atoms with Crippen LogP contribution in [0.5, 0.6) is 0 Å². The van der Waals surface area contributed by atoms with Crippen molar-refractivity contribution in [1.82, 2.24) is 25.1 Å². The van der Waals surface area contributed by atoms with Gasteiger partial charge in [-0.05, 0) is 35.6 Å². The maximum atomic E-state index is 5.52. The molecule has 2 fully saturated rings. The standard InChI is InChI=1S/C16H29N5O/c1-13(2)12-15(20-8-10-22-11-9-20)16-17-18-19-21(16)14-6-4-3-5-7-14/h13-15H,3-12H2,1-2H3. The molecule has 6 nitrogen and oxygen atoms in total. The molecule has 1 saturated carbocycles. The monoisotopic (exact) mass is 307 g/mol. The lowest BCUT2D eigenvalue weighted by Gasteiger charge is -2.35. The Morgan fingerprint density at radius 1 is 1.14 bits per heavy atom. The zero-order valence-electron chi connectivity index (χ0n) is 13.9. The fourth-order valence-electron chi connectivity index (χ4n) is 3.76. The quantitative estimate of drug-likeness (QED) is 0.837. The average molecular weight is 307 g/mol. The molecule has 1 unspecified atom stereocenters. The molecule has 0 spiro atoms. The van der Waals surface area contributed by atoms with E-state index in [4.69, 9.17) is 4.74 Å². The topological polar surface area (TPSA) is 56.1 Å². The van der Waals surface area contributed by atoms with Crippen LogP contribution in [0.2, 0.25) is 0 Å². The molecule has 3 rings (SSSR count). The number of ether oxygens (including phenoxy) is 1. The van der Waals surface area contributed by atoms with Crippen molar-refractivity contribution in [2.75, 3.05) is 26.3 Å². The van der Waals surface area contributed by atoms with Gasteiger partial charge in [0.25, 0.3) is 0 Å². The maximum absolute atomic E-state index is 5.52. The van der Waals surface area contributed by atoms with Crippen LogP contribution in [-0.2, 0) is 4.74 Å². The van der Waals surface area contributed by atoms with Crippen molar-refractivity contribution >= 4 is 0 Å². The summed E-state index contributed by atoms with van der Waals surface area (Å²) in [5.74, 6) is 1.70. The highest BCUT2D eigenvalue weighted by atomic mass is 16.5. The molecule has 0 bridgehead atoms. The van der Waals surface area contributed by atoms with Crippen LogP contribution >= 0.6 is 0 Å². The largest absolute Gasteiger partial charge is 0.379 e. The molecular formula is C16H29N5O. The molecule has 1 aromatic rings. The van der Waals surface area contributed by atoms with Crippen molar-refractivity contribution in [3.63, 3.8) is 0 Å². The lowest BCUT2D eigenvalue weighted by atomic mass is 9.95. The summed E-state index contributed by atoms with van der Waals surface area (Å²) in [6, 6.07) is 0.815. The number of nitrogens with zero attached hydrogens (tertiary/aromatic N) is 5. The molecule has 2 aliphatic rings. The van der Waals surface area contributed by atoms with Gasteiger partial charge >= 0.3 is 0 Å². The SMILES string of the molecule is CC(C)CC(c1nnnn1C1CCCCC1)N1CCOCC1. The van der Waals surface area contributed by atoms with E-state index in [0.29, 0.717) is 18.0 Å². The van der Waals surface area contributed by atoms with E-state index in [9.17, 15) is 0 Å². The van der Waals surface area contributed by atoms with Gasteiger partial charge in [-0.1, -0.05) is 33.1 Å². The van der Waals surface area contributed by atoms with Gasteiger partial charge in [0, 0.05) is 13.1 Å². The van der Waals surface area contributed by atoms with Gasteiger partial charge in [-0.3, -0.25) is 4.90 Å². The van der Waals surface area contributed by atoms with Crippen LogP contribution in [0.25, 0.3) is 0 Å². The molecule has 1 aromatic heterocycles. The second kappa shape index (κ2) is 7.51. The highest BCUT2D eigenvalue weighted by Gasteiger charge is 2.30. The summed E-state index contributed by atoms with van der Waals surface area (Å²) in [6.07, 6.45) is 7.50. The summed E-state index contributed by atoms with van der Waals surface area (Å²) in [7, 11) is 0. The van der Waals surface area contributed by atoms with Gasteiger partial charge < -0.3 is 4.74 Å². The molecule has 0 radical (unpaired) electrons. The molecule has 0 aromatic carbocycles. The van der Waals surface area contributed by atoms with Crippen LogP contribution in [0, 0.1) is 5.92 Å². The van der Waals surface area contributed by atoms with Crippen molar-refractivity contribution in [2.45, 2.75) is 64.5 Å². The highest BCUT2D eigenvalue weighted by Crippen LogP contribution is 2.32. The lowest BCUT2D eigenvalue weighted by molar-refractivity contribution is 0.00797. The van der Waals surface area contributed by atoms with E-state index in [0.717, 1.165) is 38.5 Å². The number of tetrazole rings is 1. The second-order valence-electron chi connectivity index (χ2n) is 7.07. The second-order valence-corrected chi connectivity index (χ2v) is 7.07. The van der Waals surface area contributed by atoms with Gasteiger partial charge in [0.05, 0.1) is 25.3 Å². The van der Waals surface area contributed by atoms with Crippen LogP contribution in [0.1, 0.15) is 70.3 Å². The molecule has 0 N–H and O–H groups in total. The fourth-order valence-corrected chi connectivity index (χ4v) is 3.76. The van der Waals surface area contributed by atoms with Crippen LogP contribution in [0.15, 0.2) is 0 Å². The molecule has 0 amide bonds. The third kappa shape index (κ3) is 3.66. The normalized spacial score (nSPS) is 23.0. The first kappa shape index (κ1) is 15.9. The first-order valence-corrected chi connectivity index (χ1v) is 8.85. The summed E-state index contributed by atoms with van der Waals surface area (Å²) in [5.41, 5.74) is 0. The summed E-state index contributed by atoms with van der Waals surface area (Å²) < 4.78 is 7.66. The molecule has 1 atom stereocenters. The van der Waals surface area contributed by atoms with Gasteiger partial charge in [0.1, 0.15) is 0 Å². The van der Waals surface area contributed by atoms with Gasteiger partial charge in [-0.15, -0.1) is 5.10 Å². The van der Waals surface area contributed by atoms with E-state index in [1.54, 1.807) is 0 Å². The predicted octanol–water partition coefficient (Wildman–Crippen LogP) is 2.60.